The molecule has 3 rings (SSSR count). The van der Waals surface area contributed by atoms with Gasteiger partial charge in [0.05, 0.1) is 23.2 Å². The molecule has 1 heterocycles. The second kappa shape index (κ2) is 8.35. The number of hydrogen-bond donors (Lipinski definition) is 1. The van der Waals surface area contributed by atoms with Crippen LogP contribution in [0.5, 0.6) is 0 Å². The van der Waals surface area contributed by atoms with Gasteiger partial charge >= 0.3 is 0 Å². The highest BCUT2D eigenvalue weighted by Crippen LogP contribution is 2.22. The number of thioether (sulfide) groups is 1. The molecule has 0 radical (unpaired) electrons. The van der Waals surface area contributed by atoms with Crippen molar-refractivity contribution in [1.82, 2.24) is 14.9 Å². The van der Waals surface area contributed by atoms with Gasteiger partial charge in [-0.05, 0) is 38.1 Å². The van der Waals surface area contributed by atoms with Crippen molar-refractivity contribution in [3.05, 3.63) is 70.5 Å². The van der Waals surface area contributed by atoms with Crippen molar-refractivity contribution < 1.29 is 9.18 Å². The van der Waals surface area contributed by atoms with Crippen LogP contribution in [0.1, 0.15) is 19.7 Å². The third kappa shape index (κ3) is 4.54. The van der Waals surface area contributed by atoms with Crippen molar-refractivity contribution in [2.45, 2.75) is 31.3 Å². The molecule has 0 unspecified atom stereocenters. The molecule has 5 nitrogen and oxygen atoms in total. The molecule has 7 heteroatoms. The van der Waals surface area contributed by atoms with Gasteiger partial charge in [0.2, 0.25) is 5.91 Å². The number of carbonyl (C=O) groups is 1. The number of rotatable bonds is 6. The summed E-state index contributed by atoms with van der Waals surface area (Å²) in [6.45, 7) is 3.98. The lowest BCUT2D eigenvalue weighted by Gasteiger charge is -2.26. The predicted molar refractivity (Wildman–Crippen MR) is 105 cm³/mol. The molecule has 1 amide bonds. The first kappa shape index (κ1) is 19.1. The summed E-state index contributed by atoms with van der Waals surface area (Å²) in [6, 6.07) is 13.4. The molecule has 2 aromatic carbocycles. The molecular formula is C20H20FN3O2S. The van der Waals surface area contributed by atoms with Crippen LogP contribution >= 0.6 is 11.8 Å². The quantitative estimate of drug-likeness (QED) is 0.659. The number of nitrogens with one attached hydrogen (secondary N) is 1. The summed E-state index contributed by atoms with van der Waals surface area (Å²) in [7, 11) is 0. The van der Waals surface area contributed by atoms with Crippen molar-refractivity contribution in [1.29, 1.82) is 0 Å². The van der Waals surface area contributed by atoms with Crippen molar-refractivity contribution in [2.75, 3.05) is 5.75 Å². The number of fused-ring (bicyclic) bond motifs is 1. The van der Waals surface area contributed by atoms with E-state index in [4.69, 9.17) is 0 Å². The van der Waals surface area contributed by atoms with Gasteiger partial charge in [0.15, 0.2) is 0 Å². The molecule has 0 spiro atoms. The third-order valence-corrected chi connectivity index (χ3v) is 5.15. The monoisotopic (exact) mass is 385 g/mol. The number of para-hydroxylation sites is 1. The van der Waals surface area contributed by atoms with Crippen molar-refractivity contribution >= 4 is 28.6 Å². The van der Waals surface area contributed by atoms with Crippen LogP contribution in [0.25, 0.3) is 10.9 Å². The van der Waals surface area contributed by atoms with Gasteiger partial charge in [-0.1, -0.05) is 24.3 Å². The van der Waals surface area contributed by atoms with Gasteiger partial charge in [-0.3, -0.25) is 9.59 Å². The zero-order chi connectivity index (χ0) is 19.4. The van der Waals surface area contributed by atoms with Gasteiger partial charge in [-0.2, -0.15) is 0 Å². The maximum atomic E-state index is 13.7. The Kier molecular flexibility index (Phi) is 5.91. The zero-order valence-corrected chi connectivity index (χ0v) is 15.9. The lowest BCUT2D eigenvalue weighted by molar-refractivity contribution is -0.130. The van der Waals surface area contributed by atoms with E-state index in [0.29, 0.717) is 21.6 Å². The highest BCUT2D eigenvalue weighted by atomic mass is 32.2. The van der Waals surface area contributed by atoms with Gasteiger partial charge in [0.25, 0.3) is 5.56 Å². The number of hydrogen-bond acceptors (Lipinski definition) is 4. The fourth-order valence-corrected chi connectivity index (χ4v) is 3.54. The summed E-state index contributed by atoms with van der Waals surface area (Å²) in [5.74, 6) is 0.0503. The van der Waals surface area contributed by atoms with Crippen LogP contribution in [0.2, 0.25) is 0 Å². The van der Waals surface area contributed by atoms with E-state index in [0.717, 1.165) is 11.8 Å². The van der Waals surface area contributed by atoms with Crippen LogP contribution in [0.4, 0.5) is 4.39 Å². The Hall–Kier alpha value is -2.67. The SMILES string of the molecule is CC(C)N(Cc1nc2ccccc2c(=O)[nH]1)C(=O)CSc1ccccc1F. The van der Waals surface area contributed by atoms with E-state index in [1.54, 1.807) is 41.3 Å². The van der Waals surface area contributed by atoms with Crippen LogP contribution in [-0.4, -0.2) is 32.6 Å². The summed E-state index contributed by atoms with van der Waals surface area (Å²) in [5, 5.41) is 0.513. The molecule has 0 atom stereocenters. The van der Waals surface area contributed by atoms with Crippen molar-refractivity contribution in [2.24, 2.45) is 0 Å². The minimum Gasteiger partial charge on any atom is -0.332 e. The number of aromatic amines is 1. The molecule has 1 aromatic heterocycles. The molecule has 0 aliphatic heterocycles. The first-order valence-electron chi connectivity index (χ1n) is 8.60. The maximum absolute atomic E-state index is 13.7. The molecule has 0 aliphatic rings. The maximum Gasteiger partial charge on any atom is 0.258 e. The van der Waals surface area contributed by atoms with E-state index >= 15 is 0 Å². The number of aromatic nitrogens is 2. The summed E-state index contributed by atoms with van der Waals surface area (Å²) in [5.41, 5.74) is 0.362. The standard InChI is InChI=1S/C20H20FN3O2S/c1-13(2)24(19(25)12-27-17-10-6-4-8-15(17)21)11-18-22-16-9-5-3-7-14(16)20(26)23-18/h3-10,13H,11-12H2,1-2H3,(H,22,23,26). The Morgan fingerprint density at radius 3 is 2.63 bits per heavy atom. The van der Waals surface area contributed by atoms with E-state index in [2.05, 4.69) is 9.97 Å². The molecule has 3 aromatic rings. The minimum absolute atomic E-state index is 0.0875. The largest absolute Gasteiger partial charge is 0.332 e. The normalized spacial score (nSPS) is 11.1. The molecule has 0 saturated carbocycles. The summed E-state index contributed by atoms with van der Waals surface area (Å²) in [4.78, 5) is 34.2. The molecule has 27 heavy (non-hydrogen) atoms. The Labute approximate surface area is 160 Å². The topological polar surface area (TPSA) is 66.1 Å². The van der Waals surface area contributed by atoms with E-state index < -0.39 is 0 Å². The first-order valence-corrected chi connectivity index (χ1v) is 9.59. The van der Waals surface area contributed by atoms with E-state index in [-0.39, 0.29) is 35.6 Å². The molecule has 0 fully saturated rings. The molecule has 0 aliphatic carbocycles. The van der Waals surface area contributed by atoms with E-state index in [9.17, 15) is 14.0 Å². The average molecular weight is 385 g/mol. The number of nitrogens with zero attached hydrogens (tertiary/aromatic N) is 2. The van der Waals surface area contributed by atoms with Crippen LogP contribution in [0.15, 0.2) is 58.2 Å². The van der Waals surface area contributed by atoms with Crippen LogP contribution < -0.4 is 5.56 Å². The molecule has 1 N–H and O–H groups in total. The van der Waals surface area contributed by atoms with E-state index in [1.807, 2.05) is 19.9 Å². The second-order valence-electron chi connectivity index (χ2n) is 6.36. The third-order valence-electron chi connectivity index (χ3n) is 4.11. The minimum atomic E-state index is -0.341. The lowest BCUT2D eigenvalue weighted by Crippen LogP contribution is -2.38. The van der Waals surface area contributed by atoms with Gasteiger partial charge in [-0.25, -0.2) is 9.37 Å². The number of amides is 1. The molecule has 0 bridgehead atoms. The first-order chi connectivity index (χ1) is 13.0. The highest BCUT2D eigenvalue weighted by Gasteiger charge is 2.19. The lowest BCUT2D eigenvalue weighted by atomic mass is 10.2. The fraction of sp³-hybridized carbons (Fsp3) is 0.250. The summed E-state index contributed by atoms with van der Waals surface area (Å²) < 4.78 is 13.7. The summed E-state index contributed by atoms with van der Waals surface area (Å²) >= 11 is 1.16. The number of H-pyrrole nitrogens is 1. The van der Waals surface area contributed by atoms with Gasteiger partial charge in [0, 0.05) is 10.9 Å². The van der Waals surface area contributed by atoms with Crippen LogP contribution in [0.3, 0.4) is 0 Å². The van der Waals surface area contributed by atoms with Crippen molar-refractivity contribution in [3.63, 3.8) is 0 Å². The Balaban J connectivity index is 1.76. The van der Waals surface area contributed by atoms with Crippen LogP contribution in [-0.2, 0) is 11.3 Å². The summed E-state index contributed by atoms with van der Waals surface area (Å²) in [6.07, 6.45) is 0. The van der Waals surface area contributed by atoms with Gasteiger partial charge in [-0.15, -0.1) is 11.8 Å². The molecular weight excluding hydrogens is 365 g/mol. The fourth-order valence-electron chi connectivity index (χ4n) is 2.71. The van der Waals surface area contributed by atoms with Gasteiger partial charge < -0.3 is 9.88 Å². The Bertz CT molecular complexity index is 1020. The Morgan fingerprint density at radius 2 is 1.89 bits per heavy atom. The predicted octanol–water partition coefficient (Wildman–Crippen LogP) is 3.59. The number of halogens is 1. The van der Waals surface area contributed by atoms with Gasteiger partial charge in [0.1, 0.15) is 11.6 Å². The van der Waals surface area contributed by atoms with Crippen LogP contribution in [0, 0.1) is 5.82 Å². The average Bonchev–Trinajstić information content (AvgIpc) is 2.65. The second-order valence-corrected chi connectivity index (χ2v) is 7.38. The highest BCUT2D eigenvalue weighted by molar-refractivity contribution is 8.00. The van der Waals surface area contributed by atoms with E-state index in [1.165, 1.54) is 6.07 Å². The molecule has 140 valence electrons. The number of carbonyl (C=O) groups excluding carboxylic acids is 1. The molecule has 0 saturated heterocycles. The zero-order valence-electron chi connectivity index (χ0n) is 15.1. The number of benzene rings is 2. The smallest absolute Gasteiger partial charge is 0.258 e. The Morgan fingerprint density at radius 1 is 1.19 bits per heavy atom. The van der Waals surface area contributed by atoms with Crippen molar-refractivity contribution in [3.8, 4) is 0 Å².